The molecule has 0 atom stereocenters. The van der Waals surface area contributed by atoms with E-state index in [0.717, 1.165) is 18.8 Å². The summed E-state index contributed by atoms with van der Waals surface area (Å²) in [6.45, 7) is 6.12. The fourth-order valence-corrected chi connectivity index (χ4v) is 3.16. The van der Waals surface area contributed by atoms with Gasteiger partial charge in [-0.3, -0.25) is 0 Å². The number of aromatic nitrogens is 1. The summed E-state index contributed by atoms with van der Waals surface area (Å²) in [5.74, 6) is 0.707. The minimum atomic E-state index is -1.00. The Labute approximate surface area is 110 Å². The molecule has 2 rings (SSSR count). The van der Waals surface area contributed by atoms with Gasteiger partial charge in [0.1, 0.15) is 0 Å². The van der Waals surface area contributed by atoms with E-state index in [0.29, 0.717) is 11.5 Å². The van der Waals surface area contributed by atoms with E-state index < -0.39 is 5.97 Å². The third-order valence-electron chi connectivity index (χ3n) is 2.87. The van der Waals surface area contributed by atoms with E-state index in [1.165, 1.54) is 12.3 Å². The number of thioether (sulfide) groups is 1. The number of carbonyl (C=O) groups is 1. The molecule has 0 amide bonds. The highest BCUT2D eigenvalue weighted by molar-refractivity contribution is 8.00. The van der Waals surface area contributed by atoms with Gasteiger partial charge in [0.2, 0.25) is 0 Å². The van der Waals surface area contributed by atoms with Crippen molar-refractivity contribution in [3.63, 3.8) is 0 Å². The molecule has 0 spiro atoms. The topological polar surface area (TPSA) is 79.5 Å². The van der Waals surface area contributed by atoms with Gasteiger partial charge in [0.15, 0.2) is 5.82 Å². The smallest absolute Gasteiger partial charge is 0.337 e. The quantitative estimate of drug-likeness (QED) is 0.849. The van der Waals surface area contributed by atoms with Crippen LogP contribution in [0.1, 0.15) is 24.2 Å². The lowest BCUT2D eigenvalue weighted by Crippen LogP contribution is -2.43. The molecule has 1 fully saturated rings. The molecule has 1 aliphatic rings. The normalized spacial score (nSPS) is 18.7. The van der Waals surface area contributed by atoms with E-state index in [2.05, 4.69) is 23.7 Å². The Morgan fingerprint density at radius 2 is 2.33 bits per heavy atom. The first-order chi connectivity index (χ1) is 8.39. The monoisotopic (exact) mass is 267 g/mol. The summed E-state index contributed by atoms with van der Waals surface area (Å²) in [6.07, 6.45) is 1.36. The number of nitrogens with two attached hydrogens (primary N) is 1. The van der Waals surface area contributed by atoms with Crippen LogP contribution < -0.4 is 10.6 Å². The zero-order chi connectivity index (χ0) is 13.3. The van der Waals surface area contributed by atoms with Crippen molar-refractivity contribution in [3.05, 3.63) is 17.8 Å². The second-order valence-corrected chi connectivity index (χ2v) is 6.77. The Bertz CT molecular complexity index is 476. The predicted molar refractivity (Wildman–Crippen MR) is 74.4 cm³/mol. The molecule has 3 N–H and O–H groups in total. The summed E-state index contributed by atoms with van der Waals surface area (Å²) in [6, 6.07) is 1.47. The fourth-order valence-electron chi connectivity index (χ4n) is 2.05. The summed E-state index contributed by atoms with van der Waals surface area (Å²) >= 11 is 1.93. The molecule has 5 nitrogen and oxygen atoms in total. The average molecular weight is 267 g/mol. The van der Waals surface area contributed by atoms with E-state index in [4.69, 9.17) is 10.8 Å². The molecule has 0 bridgehead atoms. The van der Waals surface area contributed by atoms with Gasteiger partial charge in [-0.15, -0.1) is 0 Å². The van der Waals surface area contributed by atoms with Crippen LogP contribution in [-0.4, -0.2) is 39.6 Å². The van der Waals surface area contributed by atoms with Crippen molar-refractivity contribution in [2.45, 2.75) is 18.6 Å². The van der Waals surface area contributed by atoms with Crippen LogP contribution in [0.5, 0.6) is 0 Å². The van der Waals surface area contributed by atoms with Gasteiger partial charge in [-0.2, -0.15) is 11.8 Å². The molecule has 0 saturated carbocycles. The van der Waals surface area contributed by atoms with Crippen molar-refractivity contribution in [2.24, 2.45) is 0 Å². The third kappa shape index (κ3) is 2.69. The Hall–Kier alpha value is -1.43. The SMILES string of the molecule is CC1(C)CN(c2ncc(C(=O)O)cc2N)CCS1. The highest BCUT2D eigenvalue weighted by Crippen LogP contribution is 2.33. The number of nitrogens with zero attached hydrogens (tertiary/aromatic N) is 2. The van der Waals surface area contributed by atoms with Gasteiger partial charge in [0.05, 0.1) is 11.3 Å². The lowest BCUT2D eigenvalue weighted by atomic mass is 10.1. The molecular formula is C12H17N3O2S. The third-order valence-corrected chi connectivity index (χ3v) is 4.16. The van der Waals surface area contributed by atoms with Crippen molar-refractivity contribution >= 4 is 29.2 Å². The van der Waals surface area contributed by atoms with Crippen LogP contribution in [0, 0.1) is 0 Å². The zero-order valence-corrected chi connectivity index (χ0v) is 11.3. The van der Waals surface area contributed by atoms with E-state index in [1.807, 2.05) is 11.8 Å². The van der Waals surface area contributed by atoms with Crippen LogP contribution in [0.2, 0.25) is 0 Å². The first-order valence-electron chi connectivity index (χ1n) is 5.77. The highest BCUT2D eigenvalue weighted by Gasteiger charge is 2.28. The second kappa shape index (κ2) is 4.68. The summed E-state index contributed by atoms with van der Waals surface area (Å²) in [7, 11) is 0. The van der Waals surface area contributed by atoms with Crippen molar-refractivity contribution in [3.8, 4) is 0 Å². The Morgan fingerprint density at radius 3 is 2.89 bits per heavy atom. The van der Waals surface area contributed by atoms with Crippen LogP contribution in [0.3, 0.4) is 0 Å². The first kappa shape index (κ1) is 13.0. The van der Waals surface area contributed by atoms with Crippen LogP contribution >= 0.6 is 11.8 Å². The maximum absolute atomic E-state index is 10.8. The molecule has 6 heteroatoms. The van der Waals surface area contributed by atoms with E-state index in [-0.39, 0.29) is 10.3 Å². The largest absolute Gasteiger partial charge is 0.478 e. The van der Waals surface area contributed by atoms with Crippen molar-refractivity contribution in [1.82, 2.24) is 4.98 Å². The maximum Gasteiger partial charge on any atom is 0.337 e. The second-order valence-electron chi connectivity index (χ2n) is 4.97. The molecule has 18 heavy (non-hydrogen) atoms. The molecule has 1 aliphatic heterocycles. The molecule has 1 aromatic rings. The van der Waals surface area contributed by atoms with Crippen LogP contribution in [0.25, 0.3) is 0 Å². The molecular weight excluding hydrogens is 250 g/mol. The van der Waals surface area contributed by atoms with Crippen LogP contribution in [0.15, 0.2) is 12.3 Å². The minimum absolute atomic E-state index is 0.127. The number of rotatable bonds is 2. The minimum Gasteiger partial charge on any atom is -0.478 e. The highest BCUT2D eigenvalue weighted by atomic mass is 32.2. The number of hydrogen-bond acceptors (Lipinski definition) is 5. The maximum atomic E-state index is 10.8. The zero-order valence-electron chi connectivity index (χ0n) is 10.5. The Kier molecular flexibility index (Phi) is 3.38. The van der Waals surface area contributed by atoms with Gasteiger partial charge >= 0.3 is 5.97 Å². The number of hydrogen-bond donors (Lipinski definition) is 2. The van der Waals surface area contributed by atoms with Crippen molar-refractivity contribution in [1.29, 1.82) is 0 Å². The van der Waals surface area contributed by atoms with E-state index in [1.54, 1.807) is 0 Å². The van der Waals surface area contributed by atoms with Gasteiger partial charge in [0, 0.05) is 29.8 Å². The molecule has 0 radical (unpaired) electrons. The number of aromatic carboxylic acids is 1. The average Bonchev–Trinajstić information content (AvgIpc) is 2.27. The molecule has 0 aromatic carbocycles. The molecule has 0 unspecified atom stereocenters. The molecule has 1 aromatic heterocycles. The van der Waals surface area contributed by atoms with Crippen molar-refractivity contribution < 1.29 is 9.90 Å². The molecule has 1 saturated heterocycles. The lowest BCUT2D eigenvalue weighted by Gasteiger charge is -2.38. The number of carboxylic acid groups (broad SMARTS) is 1. The van der Waals surface area contributed by atoms with Crippen LogP contribution in [-0.2, 0) is 0 Å². The Balaban J connectivity index is 2.26. The summed E-state index contributed by atoms with van der Waals surface area (Å²) in [4.78, 5) is 17.2. The molecule has 2 heterocycles. The predicted octanol–water partition coefficient (Wildman–Crippen LogP) is 1.69. The van der Waals surface area contributed by atoms with E-state index >= 15 is 0 Å². The summed E-state index contributed by atoms with van der Waals surface area (Å²) in [5.41, 5.74) is 6.46. The van der Waals surface area contributed by atoms with Gasteiger partial charge in [-0.25, -0.2) is 9.78 Å². The first-order valence-corrected chi connectivity index (χ1v) is 6.75. The van der Waals surface area contributed by atoms with Crippen molar-refractivity contribution in [2.75, 3.05) is 29.5 Å². The number of anilines is 2. The Morgan fingerprint density at radius 1 is 1.61 bits per heavy atom. The standard InChI is InChI=1S/C12H17N3O2S/c1-12(2)7-15(3-4-18-12)10-9(13)5-8(6-14-10)11(16)17/h5-6H,3-4,7,13H2,1-2H3,(H,16,17). The summed E-state index contributed by atoms with van der Waals surface area (Å²) in [5, 5.41) is 8.88. The fraction of sp³-hybridized carbons (Fsp3) is 0.500. The number of pyridine rings is 1. The summed E-state index contributed by atoms with van der Waals surface area (Å²) < 4.78 is 0.165. The van der Waals surface area contributed by atoms with Gasteiger partial charge in [0.25, 0.3) is 0 Å². The molecule has 0 aliphatic carbocycles. The number of carboxylic acids is 1. The van der Waals surface area contributed by atoms with Gasteiger partial charge < -0.3 is 15.7 Å². The van der Waals surface area contributed by atoms with Crippen LogP contribution in [0.4, 0.5) is 11.5 Å². The van der Waals surface area contributed by atoms with Gasteiger partial charge in [-0.1, -0.05) is 0 Å². The van der Waals surface area contributed by atoms with Gasteiger partial charge in [-0.05, 0) is 19.9 Å². The van der Waals surface area contributed by atoms with E-state index in [9.17, 15) is 4.79 Å². The lowest BCUT2D eigenvalue weighted by molar-refractivity contribution is 0.0696. The number of nitrogen functional groups attached to an aromatic ring is 1. The molecule has 98 valence electrons.